The molecular formula is C13H16BrN3O2. The maximum atomic E-state index is 12.0. The van der Waals surface area contributed by atoms with Crippen LogP contribution in [-0.2, 0) is 4.79 Å². The fourth-order valence-electron chi connectivity index (χ4n) is 1.70. The monoisotopic (exact) mass is 325 g/mol. The number of carbonyl (C=O) groups is 2. The van der Waals surface area contributed by atoms with Crippen molar-refractivity contribution in [2.24, 2.45) is 0 Å². The molecule has 0 spiro atoms. The van der Waals surface area contributed by atoms with Crippen molar-refractivity contribution in [1.82, 2.24) is 10.6 Å². The summed E-state index contributed by atoms with van der Waals surface area (Å²) in [6, 6.07) is 3.73. The van der Waals surface area contributed by atoms with Crippen molar-refractivity contribution in [1.29, 1.82) is 0 Å². The van der Waals surface area contributed by atoms with Crippen LogP contribution in [0.25, 0.3) is 0 Å². The van der Waals surface area contributed by atoms with Crippen LogP contribution in [-0.4, -0.2) is 24.4 Å². The van der Waals surface area contributed by atoms with E-state index in [1.807, 2.05) is 0 Å². The van der Waals surface area contributed by atoms with Crippen molar-refractivity contribution < 1.29 is 9.59 Å². The van der Waals surface area contributed by atoms with Crippen molar-refractivity contribution in [3.63, 3.8) is 0 Å². The summed E-state index contributed by atoms with van der Waals surface area (Å²) in [7, 11) is 0. The Balaban J connectivity index is 1.97. The summed E-state index contributed by atoms with van der Waals surface area (Å²) >= 11 is 3.30. The van der Waals surface area contributed by atoms with E-state index in [0.717, 1.165) is 17.3 Å². The second-order valence-electron chi connectivity index (χ2n) is 4.69. The molecule has 1 aromatic carbocycles. The van der Waals surface area contributed by atoms with E-state index in [1.54, 1.807) is 19.1 Å². The van der Waals surface area contributed by atoms with Crippen LogP contribution in [0.15, 0.2) is 16.6 Å². The molecule has 0 bridgehead atoms. The minimum atomic E-state index is -0.295. The van der Waals surface area contributed by atoms with Gasteiger partial charge >= 0.3 is 0 Å². The van der Waals surface area contributed by atoms with Crippen LogP contribution in [0.4, 0.5) is 5.69 Å². The third-order valence-electron chi connectivity index (χ3n) is 3.01. The van der Waals surface area contributed by atoms with Crippen LogP contribution in [0.5, 0.6) is 0 Å². The highest BCUT2D eigenvalue weighted by Gasteiger charge is 2.23. The SMILES string of the molecule is Cc1c(N)cc(Br)cc1C(=O)NCC(=O)NC1CC1. The lowest BCUT2D eigenvalue weighted by molar-refractivity contribution is -0.120. The molecule has 2 rings (SSSR count). The van der Waals surface area contributed by atoms with Gasteiger partial charge in [0.1, 0.15) is 0 Å². The average molecular weight is 326 g/mol. The largest absolute Gasteiger partial charge is 0.398 e. The van der Waals surface area contributed by atoms with Gasteiger partial charge in [-0.3, -0.25) is 9.59 Å². The first-order valence-electron chi connectivity index (χ1n) is 6.10. The summed E-state index contributed by atoms with van der Waals surface area (Å²) in [6.07, 6.45) is 2.06. The molecule has 0 atom stereocenters. The molecule has 1 aliphatic carbocycles. The van der Waals surface area contributed by atoms with Gasteiger partial charge < -0.3 is 16.4 Å². The quantitative estimate of drug-likeness (QED) is 0.730. The average Bonchev–Trinajstić information content (AvgIpc) is 3.14. The molecule has 2 amide bonds. The van der Waals surface area contributed by atoms with Crippen molar-refractivity contribution in [2.45, 2.75) is 25.8 Å². The van der Waals surface area contributed by atoms with Crippen LogP contribution >= 0.6 is 15.9 Å². The van der Waals surface area contributed by atoms with Crippen LogP contribution in [0, 0.1) is 6.92 Å². The Morgan fingerprint density at radius 2 is 2.11 bits per heavy atom. The van der Waals surface area contributed by atoms with E-state index >= 15 is 0 Å². The first kappa shape index (κ1) is 13.9. The van der Waals surface area contributed by atoms with Gasteiger partial charge in [-0.05, 0) is 37.5 Å². The molecule has 1 saturated carbocycles. The predicted octanol–water partition coefficient (Wildman–Crippen LogP) is 1.35. The van der Waals surface area contributed by atoms with Gasteiger partial charge in [0.2, 0.25) is 5.91 Å². The number of amides is 2. The van der Waals surface area contributed by atoms with E-state index in [0.29, 0.717) is 22.9 Å². The molecule has 0 heterocycles. The number of anilines is 1. The second kappa shape index (κ2) is 5.61. The summed E-state index contributed by atoms with van der Waals surface area (Å²) in [5.41, 5.74) is 7.53. The minimum Gasteiger partial charge on any atom is -0.398 e. The maximum absolute atomic E-state index is 12.0. The molecular weight excluding hydrogens is 310 g/mol. The Hall–Kier alpha value is -1.56. The Bertz CT molecular complexity index is 527. The number of nitrogens with one attached hydrogen (secondary N) is 2. The van der Waals surface area contributed by atoms with Crippen molar-refractivity contribution in [2.75, 3.05) is 12.3 Å². The molecule has 102 valence electrons. The number of halogens is 1. The number of carbonyl (C=O) groups excluding carboxylic acids is 2. The van der Waals surface area contributed by atoms with Gasteiger partial charge in [-0.2, -0.15) is 0 Å². The van der Waals surface area contributed by atoms with Crippen LogP contribution in [0.3, 0.4) is 0 Å². The summed E-state index contributed by atoms with van der Waals surface area (Å²) in [5.74, 6) is -0.451. The lowest BCUT2D eigenvalue weighted by Gasteiger charge is -2.10. The highest BCUT2D eigenvalue weighted by Crippen LogP contribution is 2.22. The highest BCUT2D eigenvalue weighted by molar-refractivity contribution is 9.10. The Labute approximate surface area is 120 Å². The molecule has 0 aromatic heterocycles. The first-order chi connectivity index (χ1) is 8.97. The van der Waals surface area contributed by atoms with Gasteiger partial charge in [-0.1, -0.05) is 15.9 Å². The third kappa shape index (κ3) is 3.70. The fraction of sp³-hybridized carbons (Fsp3) is 0.385. The summed E-state index contributed by atoms with van der Waals surface area (Å²) in [6.45, 7) is 1.77. The van der Waals surface area contributed by atoms with E-state index in [2.05, 4.69) is 26.6 Å². The molecule has 6 heteroatoms. The Morgan fingerprint density at radius 1 is 1.42 bits per heavy atom. The Kier molecular flexibility index (Phi) is 4.09. The number of benzene rings is 1. The zero-order valence-corrected chi connectivity index (χ0v) is 12.2. The van der Waals surface area contributed by atoms with Crippen LogP contribution in [0.2, 0.25) is 0 Å². The van der Waals surface area contributed by atoms with Gasteiger partial charge in [-0.25, -0.2) is 0 Å². The molecule has 5 nitrogen and oxygen atoms in total. The van der Waals surface area contributed by atoms with Gasteiger partial charge in [0, 0.05) is 21.8 Å². The first-order valence-corrected chi connectivity index (χ1v) is 6.90. The predicted molar refractivity (Wildman–Crippen MR) is 76.8 cm³/mol. The van der Waals surface area contributed by atoms with Crippen molar-refractivity contribution >= 4 is 33.4 Å². The maximum Gasteiger partial charge on any atom is 0.252 e. The summed E-state index contributed by atoms with van der Waals surface area (Å²) in [5, 5.41) is 5.41. The second-order valence-corrected chi connectivity index (χ2v) is 5.61. The smallest absolute Gasteiger partial charge is 0.252 e. The van der Waals surface area contributed by atoms with E-state index in [4.69, 9.17) is 5.73 Å². The number of hydrogen-bond donors (Lipinski definition) is 3. The topological polar surface area (TPSA) is 84.2 Å². The third-order valence-corrected chi connectivity index (χ3v) is 3.47. The summed E-state index contributed by atoms with van der Waals surface area (Å²) in [4.78, 5) is 23.5. The fourth-order valence-corrected chi connectivity index (χ4v) is 2.17. The number of nitrogen functional groups attached to an aromatic ring is 1. The van der Waals surface area contributed by atoms with Gasteiger partial charge in [0.25, 0.3) is 5.91 Å². The molecule has 0 aliphatic heterocycles. The molecule has 4 N–H and O–H groups in total. The Morgan fingerprint density at radius 3 is 2.74 bits per heavy atom. The van der Waals surface area contributed by atoms with E-state index in [9.17, 15) is 9.59 Å². The van der Waals surface area contributed by atoms with Crippen LogP contribution in [0.1, 0.15) is 28.8 Å². The lowest BCUT2D eigenvalue weighted by Crippen LogP contribution is -2.38. The minimum absolute atomic E-state index is 0.0127. The van der Waals surface area contributed by atoms with Gasteiger partial charge in [0.15, 0.2) is 0 Å². The molecule has 1 aliphatic rings. The van der Waals surface area contributed by atoms with Crippen molar-refractivity contribution in [3.8, 4) is 0 Å². The highest BCUT2D eigenvalue weighted by atomic mass is 79.9. The molecule has 0 unspecified atom stereocenters. The van der Waals surface area contributed by atoms with Gasteiger partial charge in [0.05, 0.1) is 6.54 Å². The standard InChI is InChI=1S/C13H16BrN3O2/c1-7-10(4-8(14)5-11(7)15)13(19)16-6-12(18)17-9-2-3-9/h4-5,9H,2-3,6,15H2,1H3,(H,16,19)(H,17,18). The molecule has 0 radical (unpaired) electrons. The summed E-state index contributed by atoms with van der Waals surface area (Å²) < 4.78 is 0.739. The molecule has 0 saturated heterocycles. The number of rotatable bonds is 4. The van der Waals surface area contributed by atoms with Crippen molar-refractivity contribution in [3.05, 3.63) is 27.7 Å². The number of hydrogen-bond acceptors (Lipinski definition) is 3. The zero-order chi connectivity index (χ0) is 14.0. The van der Waals surface area contributed by atoms with Crippen LogP contribution < -0.4 is 16.4 Å². The van der Waals surface area contributed by atoms with Gasteiger partial charge in [-0.15, -0.1) is 0 Å². The molecule has 1 aromatic rings. The van der Waals surface area contributed by atoms with E-state index in [1.165, 1.54) is 0 Å². The lowest BCUT2D eigenvalue weighted by atomic mass is 10.1. The molecule has 19 heavy (non-hydrogen) atoms. The van der Waals surface area contributed by atoms with E-state index in [-0.39, 0.29) is 18.4 Å². The normalized spacial score (nSPS) is 14.0. The number of nitrogens with two attached hydrogens (primary N) is 1. The molecule has 1 fully saturated rings. The zero-order valence-electron chi connectivity index (χ0n) is 10.6. The van der Waals surface area contributed by atoms with E-state index < -0.39 is 0 Å².